The molecular formula is C13H24N2OS. The van der Waals surface area contributed by atoms with E-state index in [4.69, 9.17) is 0 Å². The van der Waals surface area contributed by atoms with Crippen molar-refractivity contribution in [3.8, 4) is 0 Å². The second-order valence-corrected chi connectivity index (χ2v) is 6.05. The molecule has 1 amide bonds. The maximum absolute atomic E-state index is 10.6. The third kappa shape index (κ3) is 4.72. The van der Waals surface area contributed by atoms with E-state index in [1.807, 2.05) is 18.8 Å². The van der Waals surface area contributed by atoms with Gasteiger partial charge in [0.05, 0.1) is 6.04 Å². The lowest BCUT2D eigenvalue weighted by molar-refractivity contribution is -0.110. The minimum absolute atomic E-state index is 0.285. The summed E-state index contributed by atoms with van der Waals surface area (Å²) >= 11 is 1.98. The predicted molar refractivity (Wildman–Crippen MR) is 75.4 cm³/mol. The lowest BCUT2D eigenvalue weighted by Gasteiger charge is -2.22. The van der Waals surface area contributed by atoms with Crippen molar-refractivity contribution in [2.24, 2.45) is 0 Å². The normalized spacial score (nSPS) is 28.0. The van der Waals surface area contributed by atoms with Crippen molar-refractivity contribution in [3.05, 3.63) is 12.2 Å². The van der Waals surface area contributed by atoms with Crippen LogP contribution in [0.15, 0.2) is 12.2 Å². The molecule has 0 spiro atoms. The SMILES string of the molecule is C=C(C)CCCCC1SC[C@@H](NC)[C@H]1NC=O. The molecule has 1 saturated heterocycles. The Morgan fingerprint density at radius 3 is 2.88 bits per heavy atom. The molecule has 0 aromatic carbocycles. The maximum Gasteiger partial charge on any atom is 0.207 e. The minimum Gasteiger partial charge on any atom is -0.353 e. The Morgan fingerprint density at radius 2 is 2.29 bits per heavy atom. The van der Waals surface area contributed by atoms with Crippen LogP contribution in [0.4, 0.5) is 0 Å². The smallest absolute Gasteiger partial charge is 0.207 e. The molecule has 1 rings (SSSR count). The molecule has 1 aliphatic heterocycles. The van der Waals surface area contributed by atoms with E-state index in [1.54, 1.807) is 0 Å². The number of likely N-dealkylation sites (N-methyl/N-ethyl adjacent to an activating group) is 1. The van der Waals surface area contributed by atoms with E-state index in [0.29, 0.717) is 11.3 Å². The van der Waals surface area contributed by atoms with Gasteiger partial charge in [-0.15, -0.1) is 6.58 Å². The molecule has 0 aliphatic carbocycles. The van der Waals surface area contributed by atoms with E-state index in [9.17, 15) is 4.79 Å². The molecule has 3 atom stereocenters. The quantitative estimate of drug-likeness (QED) is 0.396. The molecule has 1 heterocycles. The molecule has 17 heavy (non-hydrogen) atoms. The molecule has 1 fully saturated rings. The van der Waals surface area contributed by atoms with Crippen molar-refractivity contribution in [2.45, 2.75) is 49.9 Å². The molecule has 1 unspecified atom stereocenters. The summed E-state index contributed by atoms with van der Waals surface area (Å²) in [5, 5.41) is 6.80. The first-order valence-electron chi connectivity index (χ1n) is 6.32. The Morgan fingerprint density at radius 1 is 1.53 bits per heavy atom. The Bertz CT molecular complexity index is 258. The summed E-state index contributed by atoms with van der Waals surface area (Å²) in [6.45, 7) is 6.00. The molecule has 4 heteroatoms. The van der Waals surface area contributed by atoms with Crippen LogP contribution in [-0.2, 0) is 4.79 Å². The molecule has 2 N–H and O–H groups in total. The fourth-order valence-corrected chi connectivity index (χ4v) is 3.93. The summed E-state index contributed by atoms with van der Waals surface area (Å²) in [7, 11) is 1.97. The third-order valence-electron chi connectivity index (χ3n) is 3.30. The number of amides is 1. The van der Waals surface area contributed by atoms with Crippen LogP contribution in [0.5, 0.6) is 0 Å². The first kappa shape index (κ1) is 14.6. The second-order valence-electron chi connectivity index (χ2n) is 4.78. The van der Waals surface area contributed by atoms with Crippen LogP contribution in [0, 0.1) is 0 Å². The summed E-state index contributed by atoms with van der Waals surface area (Å²) in [4.78, 5) is 10.6. The summed E-state index contributed by atoms with van der Waals surface area (Å²) in [6.07, 6.45) is 5.57. The largest absolute Gasteiger partial charge is 0.353 e. The van der Waals surface area contributed by atoms with Gasteiger partial charge in [-0.3, -0.25) is 4.79 Å². The van der Waals surface area contributed by atoms with Gasteiger partial charge in [0, 0.05) is 17.0 Å². The number of carbonyl (C=O) groups excluding carboxylic acids is 1. The Labute approximate surface area is 109 Å². The van der Waals surface area contributed by atoms with Crippen molar-refractivity contribution in [2.75, 3.05) is 12.8 Å². The van der Waals surface area contributed by atoms with E-state index in [2.05, 4.69) is 24.1 Å². The van der Waals surface area contributed by atoms with Gasteiger partial charge in [0.15, 0.2) is 0 Å². The molecule has 0 radical (unpaired) electrons. The number of hydrogen-bond acceptors (Lipinski definition) is 3. The van der Waals surface area contributed by atoms with Crippen LogP contribution in [0.1, 0.15) is 32.6 Å². The lowest BCUT2D eigenvalue weighted by atomic mass is 10.0. The van der Waals surface area contributed by atoms with E-state index < -0.39 is 0 Å². The van der Waals surface area contributed by atoms with Gasteiger partial charge in [-0.1, -0.05) is 12.0 Å². The first-order valence-corrected chi connectivity index (χ1v) is 7.37. The fourth-order valence-electron chi connectivity index (χ4n) is 2.29. The zero-order chi connectivity index (χ0) is 12.7. The monoisotopic (exact) mass is 256 g/mol. The first-order chi connectivity index (χ1) is 8.19. The number of allylic oxidation sites excluding steroid dienone is 1. The zero-order valence-corrected chi connectivity index (χ0v) is 11.7. The van der Waals surface area contributed by atoms with Gasteiger partial charge in [0.2, 0.25) is 6.41 Å². The summed E-state index contributed by atoms with van der Waals surface area (Å²) < 4.78 is 0. The van der Waals surface area contributed by atoms with Crippen LogP contribution < -0.4 is 10.6 Å². The highest BCUT2D eigenvalue weighted by Gasteiger charge is 2.34. The van der Waals surface area contributed by atoms with Gasteiger partial charge >= 0.3 is 0 Å². The number of rotatable bonds is 8. The van der Waals surface area contributed by atoms with Gasteiger partial charge < -0.3 is 10.6 Å². The average Bonchev–Trinajstić information content (AvgIpc) is 2.67. The Kier molecular flexibility index (Phi) is 6.66. The maximum atomic E-state index is 10.6. The molecule has 3 nitrogen and oxygen atoms in total. The summed E-state index contributed by atoms with van der Waals surface area (Å²) in [5.74, 6) is 1.09. The van der Waals surface area contributed by atoms with Crippen molar-refractivity contribution in [1.29, 1.82) is 0 Å². The van der Waals surface area contributed by atoms with Crippen LogP contribution in [0.3, 0.4) is 0 Å². The molecule has 98 valence electrons. The molecule has 0 bridgehead atoms. The number of hydrogen-bond donors (Lipinski definition) is 2. The minimum atomic E-state index is 0.285. The molecule has 0 aromatic rings. The van der Waals surface area contributed by atoms with Crippen LogP contribution in [0.25, 0.3) is 0 Å². The van der Waals surface area contributed by atoms with Crippen LogP contribution >= 0.6 is 11.8 Å². The number of nitrogens with one attached hydrogen (secondary N) is 2. The van der Waals surface area contributed by atoms with Crippen molar-refractivity contribution in [3.63, 3.8) is 0 Å². The summed E-state index contributed by atoms with van der Waals surface area (Å²) in [5.41, 5.74) is 1.26. The number of unbranched alkanes of at least 4 members (excludes halogenated alkanes) is 1. The molecule has 1 aliphatic rings. The predicted octanol–water partition coefficient (Wildman–Crippen LogP) is 1.94. The summed E-state index contributed by atoms with van der Waals surface area (Å²) in [6, 6.07) is 0.698. The van der Waals surface area contributed by atoms with Crippen molar-refractivity contribution < 1.29 is 4.79 Å². The lowest BCUT2D eigenvalue weighted by Crippen LogP contribution is -2.48. The standard InChI is InChI=1S/C13H24N2OS/c1-10(2)6-4-5-7-12-13(15-9-16)11(14-3)8-17-12/h9,11-14H,1,4-8H2,2-3H3,(H,15,16)/t11-,12?,13-/m1/s1. The van der Waals surface area contributed by atoms with E-state index >= 15 is 0 Å². The van der Waals surface area contributed by atoms with Gasteiger partial charge in [-0.25, -0.2) is 0 Å². The third-order valence-corrected chi connectivity index (χ3v) is 4.81. The fraction of sp³-hybridized carbons (Fsp3) is 0.769. The van der Waals surface area contributed by atoms with E-state index in [1.165, 1.54) is 24.8 Å². The number of thioether (sulfide) groups is 1. The van der Waals surface area contributed by atoms with E-state index in [0.717, 1.165) is 18.6 Å². The zero-order valence-electron chi connectivity index (χ0n) is 10.9. The molecule has 0 aromatic heterocycles. The van der Waals surface area contributed by atoms with Gasteiger partial charge in [0.25, 0.3) is 0 Å². The Hall–Kier alpha value is -0.480. The van der Waals surface area contributed by atoms with Crippen LogP contribution in [0.2, 0.25) is 0 Å². The highest BCUT2D eigenvalue weighted by molar-refractivity contribution is 8.00. The van der Waals surface area contributed by atoms with Gasteiger partial charge in [-0.2, -0.15) is 11.8 Å². The van der Waals surface area contributed by atoms with Crippen molar-refractivity contribution in [1.82, 2.24) is 10.6 Å². The highest BCUT2D eigenvalue weighted by Crippen LogP contribution is 2.31. The average molecular weight is 256 g/mol. The van der Waals surface area contributed by atoms with Gasteiger partial charge in [-0.05, 0) is 33.2 Å². The van der Waals surface area contributed by atoms with E-state index in [-0.39, 0.29) is 6.04 Å². The van der Waals surface area contributed by atoms with Crippen molar-refractivity contribution >= 4 is 18.2 Å². The van der Waals surface area contributed by atoms with Gasteiger partial charge in [0.1, 0.15) is 0 Å². The second kappa shape index (κ2) is 7.77. The molecular weight excluding hydrogens is 232 g/mol. The topological polar surface area (TPSA) is 41.1 Å². The van der Waals surface area contributed by atoms with Crippen LogP contribution in [-0.4, -0.2) is 36.5 Å². The number of carbonyl (C=O) groups is 1. The molecule has 0 saturated carbocycles. The Balaban J connectivity index is 2.31. The highest BCUT2D eigenvalue weighted by atomic mass is 32.2.